The van der Waals surface area contributed by atoms with E-state index in [4.69, 9.17) is 0 Å². The Morgan fingerprint density at radius 2 is 1.74 bits per heavy atom. The number of hydrogen-bond donors (Lipinski definition) is 1. The van der Waals surface area contributed by atoms with E-state index < -0.39 is 0 Å². The van der Waals surface area contributed by atoms with Crippen LogP contribution in [0.4, 0.5) is 4.39 Å². The van der Waals surface area contributed by atoms with Crippen molar-refractivity contribution in [2.75, 3.05) is 6.54 Å². The summed E-state index contributed by atoms with van der Waals surface area (Å²) in [4.78, 5) is 12.0. The predicted molar refractivity (Wildman–Crippen MR) is 89.7 cm³/mol. The molecule has 1 amide bonds. The van der Waals surface area contributed by atoms with Crippen molar-refractivity contribution in [2.24, 2.45) is 0 Å². The van der Waals surface area contributed by atoms with E-state index in [0.29, 0.717) is 13.0 Å². The highest BCUT2D eigenvalue weighted by Crippen LogP contribution is 2.47. The molecule has 120 valence electrons. The van der Waals surface area contributed by atoms with E-state index in [9.17, 15) is 9.18 Å². The van der Waals surface area contributed by atoms with Crippen molar-refractivity contribution in [3.63, 3.8) is 0 Å². The molecule has 0 saturated heterocycles. The SMILES string of the molecule is O=C(CCCc1ccccc1)NCC1(c2ccc(F)cc2)CC1. The first-order chi connectivity index (χ1) is 11.2. The lowest BCUT2D eigenvalue weighted by atomic mass is 9.96. The molecule has 3 heteroatoms. The summed E-state index contributed by atoms with van der Waals surface area (Å²) in [5.41, 5.74) is 2.43. The van der Waals surface area contributed by atoms with E-state index in [1.165, 1.54) is 17.7 Å². The Kier molecular flexibility index (Phi) is 4.75. The summed E-state index contributed by atoms with van der Waals surface area (Å²) in [5, 5.41) is 3.05. The predicted octanol–water partition coefficient (Wildman–Crippen LogP) is 4.00. The normalized spacial score (nSPS) is 15.2. The fourth-order valence-corrected chi connectivity index (χ4v) is 2.98. The van der Waals surface area contributed by atoms with Gasteiger partial charge < -0.3 is 5.32 Å². The van der Waals surface area contributed by atoms with Gasteiger partial charge in [-0.2, -0.15) is 0 Å². The van der Waals surface area contributed by atoms with Gasteiger partial charge in [-0.3, -0.25) is 4.79 Å². The van der Waals surface area contributed by atoms with Crippen molar-refractivity contribution in [3.8, 4) is 0 Å². The van der Waals surface area contributed by atoms with E-state index in [-0.39, 0.29) is 17.1 Å². The molecule has 2 aromatic rings. The zero-order valence-corrected chi connectivity index (χ0v) is 13.2. The number of hydrogen-bond acceptors (Lipinski definition) is 1. The largest absolute Gasteiger partial charge is 0.355 e. The van der Waals surface area contributed by atoms with Crippen LogP contribution in [0.2, 0.25) is 0 Å². The summed E-state index contributed by atoms with van der Waals surface area (Å²) in [5.74, 6) is -0.108. The molecule has 0 aromatic heterocycles. The van der Waals surface area contributed by atoms with Gasteiger partial charge in [-0.1, -0.05) is 42.5 Å². The third-order valence-electron chi connectivity index (χ3n) is 4.65. The number of carbonyl (C=O) groups excluding carboxylic acids is 1. The van der Waals surface area contributed by atoms with Gasteiger partial charge in [0.15, 0.2) is 0 Å². The second-order valence-electron chi connectivity index (χ2n) is 6.40. The zero-order valence-electron chi connectivity index (χ0n) is 13.2. The van der Waals surface area contributed by atoms with Crippen LogP contribution in [-0.4, -0.2) is 12.5 Å². The summed E-state index contributed by atoms with van der Waals surface area (Å²) in [6.45, 7) is 0.656. The molecule has 2 nitrogen and oxygen atoms in total. The van der Waals surface area contributed by atoms with E-state index >= 15 is 0 Å². The molecule has 0 heterocycles. The molecular formula is C20H22FNO. The van der Waals surface area contributed by atoms with Crippen LogP contribution in [0.25, 0.3) is 0 Å². The second kappa shape index (κ2) is 6.95. The Bertz CT molecular complexity index is 647. The number of halogens is 1. The lowest BCUT2D eigenvalue weighted by molar-refractivity contribution is -0.121. The fourth-order valence-electron chi connectivity index (χ4n) is 2.98. The minimum Gasteiger partial charge on any atom is -0.355 e. The third-order valence-corrected chi connectivity index (χ3v) is 4.65. The quantitative estimate of drug-likeness (QED) is 0.823. The molecule has 0 unspecified atom stereocenters. The third kappa shape index (κ3) is 4.19. The Morgan fingerprint density at radius 1 is 1.04 bits per heavy atom. The van der Waals surface area contributed by atoms with Crippen molar-refractivity contribution < 1.29 is 9.18 Å². The molecule has 0 spiro atoms. The fraction of sp³-hybridized carbons (Fsp3) is 0.350. The average Bonchev–Trinajstić information content (AvgIpc) is 3.36. The summed E-state index contributed by atoms with van der Waals surface area (Å²) < 4.78 is 13.0. The summed E-state index contributed by atoms with van der Waals surface area (Å²) in [6, 6.07) is 16.9. The van der Waals surface area contributed by atoms with Gasteiger partial charge in [-0.05, 0) is 48.9 Å². The summed E-state index contributed by atoms with van der Waals surface area (Å²) in [6.07, 6.45) is 4.46. The van der Waals surface area contributed by atoms with Crippen molar-refractivity contribution >= 4 is 5.91 Å². The summed E-state index contributed by atoms with van der Waals surface area (Å²) >= 11 is 0. The first kappa shape index (κ1) is 15.7. The maximum atomic E-state index is 13.0. The Hall–Kier alpha value is -2.16. The Morgan fingerprint density at radius 3 is 2.39 bits per heavy atom. The highest BCUT2D eigenvalue weighted by atomic mass is 19.1. The molecule has 1 saturated carbocycles. The molecular weight excluding hydrogens is 289 g/mol. The lowest BCUT2D eigenvalue weighted by Gasteiger charge is -2.16. The van der Waals surface area contributed by atoms with Crippen LogP contribution < -0.4 is 5.32 Å². The summed E-state index contributed by atoms with van der Waals surface area (Å²) in [7, 11) is 0. The van der Waals surface area contributed by atoms with Gasteiger partial charge >= 0.3 is 0 Å². The van der Waals surface area contributed by atoms with Gasteiger partial charge in [-0.25, -0.2) is 4.39 Å². The second-order valence-corrected chi connectivity index (χ2v) is 6.40. The van der Waals surface area contributed by atoms with Crippen molar-refractivity contribution in [1.82, 2.24) is 5.32 Å². The van der Waals surface area contributed by atoms with E-state index in [1.807, 2.05) is 30.3 Å². The Labute approximate surface area is 136 Å². The molecule has 0 radical (unpaired) electrons. The van der Waals surface area contributed by atoms with Crippen molar-refractivity contribution in [1.29, 1.82) is 0 Å². The van der Waals surface area contributed by atoms with E-state index in [2.05, 4.69) is 17.4 Å². The van der Waals surface area contributed by atoms with Gasteiger partial charge in [-0.15, -0.1) is 0 Å². The topological polar surface area (TPSA) is 29.1 Å². The van der Waals surface area contributed by atoms with Crippen molar-refractivity contribution in [2.45, 2.75) is 37.5 Å². The first-order valence-corrected chi connectivity index (χ1v) is 8.25. The number of amides is 1. The molecule has 1 aliphatic carbocycles. The molecule has 0 bridgehead atoms. The standard InChI is InChI=1S/C20H22FNO/c21-18-11-9-17(10-12-18)20(13-14-20)15-22-19(23)8-4-7-16-5-2-1-3-6-16/h1-3,5-6,9-12H,4,7-8,13-15H2,(H,22,23). The smallest absolute Gasteiger partial charge is 0.220 e. The maximum absolute atomic E-state index is 13.0. The van der Waals surface area contributed by atoms with Gasteiger partial charge in [0, 0.05) is 18.4 Å². The van der Waals surface area contributed by atoms with Crippen LogP contribution in [-0.2, 0) is 16.6 Å². The molecule has 1 N–H and O–H groups in total. The number of aryl methyl sites for hydroxylation is 1. The molecule has 2 aromatic carbocycles. The van der Waals surface area contributed by atoms with Crippen LogP contribution in [0.1, 0.15) is 36.8 Å². The zero-order chi connectivity index (χ0) is 16.1. The van der Waals surface area contributed by atoms with E-state index in [1.54, 1.807) is 0 Å². The van der Waals surface area contributed by atoms with Gasteiger partial charge in [0.05, 0.1) is 0 Å². The minimum absolute atomic E-state index is 0.0305. The monoisotopic (exact) mass is 311 g/mol. The molecule has 3 rings (SSSR count). The number of nitrogens with one attached hydrogen (secondary N) is 1. The number of rotatable bonds is 7. The molecule has 23 heavy (non-hydrogen) atoms. The van der Waals surface area contributed by atoms with Crippen LogP contribution >= 0.6 is 0 Å². The van der Waals surface area contributed by atoms with E-state index in [0.717, 1.165) is 31.2 Å². The van der Waals surface area contributed by atoms with Crippen LogP contribution in [0.3, 0.4) is 0 Å². The average molecular weight is 311 g/mol. The minimum atomic E-state index is -0.213. The van der Waals surface area contributed by atoms with Gasteiger partial charge in [0.1, 0.15) is 5.82 Å². The van der Waals surface area contributed by atoms with Crippen LogP contribution in [0.15, 0.2) is 54.6 Å². The molecule has 0 atom stereocenters. The highest BCUT2D eigenvalue weighted by Gasteiger charge is 2.44. The van der Waals surface area contributed by atoms with Gasteiger partial charge in [0.25, 0.3) is 0 Å². The molecule has 1 aliphatic rings. The number of benzene rings is 2. The molecule has 0 aliphatic heterocycles. The number of carbonyl (C=O) groups is 1. The molecule has 1 fully saturated rings. The first-order valence-electron chi connectivity index (χ1n) is 8.25. The van der Waals surface area contributed by atoms with Crippen LogP contribution in [0.5, 0.6) is 0 Å². The van der Waals surface area contributed by atoms with Crippen molar-refractivity contribution in [3.05, 3.63) is 71.5 Å². The lowest BCUT2D eigenvalue weighted by Crippen LogP contribution is -2.32. The maximum Gasteiger partial charge on any atom is 0.220 e. The Balaban J connectivity index is 1.43. The van der Waals surface area contributed by atoms with Crippen LogP contribution in [0, 0.1) is 5.82 Å². The highest BCUT2D eigenvalue weighted by molar-refractivity contribution is 5.76. The van der Waals surface area contributed by atoms with Gasteiger partial charge in [0.2, 0.25) is 5.91 Å².